The molecule has 0 heterocycles. The number of hydrogen-bond donors (Lipinski definition) is 1. The molecule has 1 aliphatic rings. The zero-order valence-corrected chi connectivity index (χ0v) is 13.6. The summed E-state index contributed by atoms with van der Waals surface area (Å²) in [5.41, 5.74) is 10.9. The fraction of sp³-hybridized carbons (Fsp3) is 0.667. The topological polar surface area (TPSA) is 29.3 Å². The standard InChI is InChI=1S/C18H30N2/c1-14-9-10-15(2)16(13-14)17(19)18(20(3)4)11-7-5-6-8-12-18/h9-10,13,17H,5-8,11-12,19H2,1-4H3. The Hall–Kier alpha value is -0.860. The van der Waals surface area contributed by atoms with E-state index in [1.54, 1.807) is 0 Å². The van der Waals surface area contributed by atoms with Crippen LogP contribution in [0, 0.1) is 13.8 Å². The molecule has 1 fully saturated rings. The number of hydrogen-bond acceptors (Lipinski definition) is 2. The van der Waals surface area contributed by atoms with E-state index < -0.39 is 0 Å². The van der Waals surface area contributed by atoms with Crippen molar-refractivity contribution in [1.29, 1.82) is 0 Å². The van der Waals surface area contributed by atoms with Crippen LogP contribution in [0.1, 0.15) is 61.3 Å². The normalized spacial score (nSPS) is 20.7. The van der Waals surface area contributed by atoms with Crippen molar-refractivity contribution in [1.82, 2.24) is 4.90 Å². The van der Waals surface area contributed by atoms with Crippen molar-refractivity contribution < 1.29 is 0 Å². The minimum Gasteiger partial charge on any atom is -0.322 e. The lowest BCUT2D eigenvalue weighted by atomic mass is 9.77. The second-order valence-electron chi connectivity index (χ2n) is 6.75. The van der Waals surface area contributed by atoms with Crippen molar-refractivity contribution in [2.45, 2.75) is 64.0 Å². The monoisotopic (exact) mass is 274 g/mol. The Morgan fingerprint density at radius 3 is 2.20 bits per heavy atom. The van der Waals surface area contributed by atoms with E-state index in [-0.39, 0.29) is 11.6 Å². The predicted octanol–water partition coefficient (Wildman–Crippen LogP) is 3.96. The molecule has 0 bridgehead atoms. The van der Waals surface area contributed by atoms with Gasteiger partial charge in [0.2, 0.25) is 0 Å². The average Bonchev–Trinajstić information content (AvgIpc) is 2.67. The molecule has 2 nitrogen and oxygen atoms in total. The van der Waals surface area contributed by atoms with Gasteiger partial charge in [-0.15, -0.1) is 0 Å². The molecule has 1 aliphatic carbocycles. The summed E-state index contributed by atoms with van der Waals surface area (Å²) in [4.78, 5) is 2.39. The lowest BCUT2D eigenvalue weighted by molar-refractivity contribution is 0.0966. The highest BCUT2D eigenvalue weighted by atomic mass is 15.2. The number of aryl methyl sites for hydroxylation is 2. The zero-order valence-electron chi connectivity index (χ0n) is 13.6. The van der Waals surface area contributed by atoms with Crippen LogP contribution in [0.5, 0.6) is 0 Å². The third-order valence-corrected chi connectivity index (χ3v) is 5.21. The fourth-order valence-corrected chi connectivity index (χ4v) is 3.76. The van der Waals surface area contributed by atoms with E-state index >= 15 is 0 Å². The number of benzene rings is 1. The lowest BCUT2D eigenvalue weighted by Gasteiger charge is -2.45. The highest BCUT2D eigenvalue weighted by Gasteiger charge is 2.40. The van der Waals surface area contributed by atoms with E-state index in [2.05, 4.69) is 51.0 Å². The first-order valence-corrected chi connectivity index (χ1v) is 7.97. The smallest absolute Gasteiger partial charge is 0.0484 e. The Labute approximate surface area is 124 Å². The highest BCUT2D eigenvalue weighted by Crippen LogP contribution is 2.40. The molecule has 2 rings (SSSR count). The van der Waals surface area contributed by atoms with Crippen LogP contribution in [0.4, 0.5) is 0 Å². The highest BCUT2D eigenvalue weighted by molar-refractivity contribution is 5.35. The minimum absolute atomic E-state index is 0.107. The molecule has 112 valence electrons. The molecule has 1 aromatic carbocycles. The van der Waals surface area contributed by atoms with Gasteiger partial charge in [0, 0.05) is 11.6 Å². The predicted molar refractivity (Wildman–Crippen MR) is 87.0 cm³/mol. The lowest BCUT2D eigenvalue weighted by Crippen LogP contribution is -2.52. The SMILES string of the molecule is Cc1ccc(C)c(C(N)C2(N(C)C)CCCCCC2)c1. The second-order valence-corrected chi connectivity index (χ2v) is 6.75. The maximum atomic E-state index is 6.80. The zero-order chi connectivity index (χ0) is 14.8. The van der Waals surface area contributed by atoms with Gasteiger partial charge < -0.3 is 10.6 Å². The van der Waals surface area contributed by atoms with Gasteiger partial charge in [-0.1, -0.05) is 49.4 Å². The van der Waals surface area contributed by atoms with E-state index in [1.165, 1.54) is 55.2 Å². The fourth-order valence-electron chi connectivity index (χ4n) is 3.76. The largest absolute Gasteiger partial charge is 0.322 e. The van der Waals surface area contributed by atoms with Crippen LogP contribution in [-0.4, -0.2) is 24.5 Å². The Bertz CT molecular complexity index is 443. The molecule has 0 aliphatic heterocycles. The van der Waals surface area contributed by atoms with Crippen LogP contribution in [0.3, 0.4) is 0 Å². The average molecular weight is 274 g/mol. The molecule has 1 aromatic rings. The van der Waals surface area contributed by atoms with Crippen LogP contribution in [-0.2, 0) is 0 Å². The summed E-state index contributed by atoms with van der Waals surface area (Å²) < 4.78 is 0. The molecule has 1 unspecified atom stereocenters. The Kier molecular flexibility index (Phi) is 4.87. The number of nitrogens with two attached hydrogens (primary N) is 1. The van der Waals surface area contributed by atoms with Gasteiger partial charge in [0.05, 0.1) is 0 Å². The van der Waals surface area contributed by atoms with Crippen molar-refractivity contribution in [3.05, 3.63) is 34.9 Å². The second kappa shape index (κ2) is 6.28. The summed E-state index contributed by atoms with van der Waals surface area (Å²) in [6, 6.07) is 6.79. The van der Waals surface area contributed by atoms with Crippen molar-refractivity contribution in [3.8, 4) is 0 Å². The number of nitrogens with zero attached hydrogens (tertiary/aromatic N) is 1. The molecular formula is C18H30N2. The van der Waals surface area contributed by atoms with Crippen LogP contribution in [0.25, 0.3) is 0 Å². The molecule has 0 spiro atoms. The van der Waals surface area contributed by atoms with Crippen molar-refractivity contribution in [2.24, 2.45) is 5.73 Å². The van der Waals surface area contributed by atoms with Crippen LogP contribution in [0.2, 0.25) is 0 Å². The molecule has 1 atom stereocenters. The Balaban J connectivity index is 2.40. The van der Waals surface area contributed by atoms with Crippen molar-refractivity contribution in [3.63, 3.8) is 0 Å². The third kappa shape index (κ3) is 2.91. The van der Waals surface area contributed by atoms with Gasteiger partial charge in [-0.25, -0.2) is 0 Å². The van der Waals surface area contributed by atoms with E-state index in [0.29, 0.717) is 0 Å². The molecule has 0 radical (unpaired) electrons. The van der Waals surface area contributed by atoms with E-state index in [4.69, 9.17) is 5.73 Å². The molecule has 0 aromatic heterocycles. The first-order chi connectivity index (χ1) is 9.47. The maximum absolute atomic E-state index is 6.80. The van der Waals surface area contributed by atoms with E-state index in [0.717, 1.165) is 0 Å². The quantitative estimate of drug-likeness (QED) is 0.845. The molecule has 0 saturated heterocycles. The summed E-state index contributed by atoms with van der Waals surface area (Å²) in [6.07, 6.45) is 7.75. The van der Waals surface area contributed by atoms with E-state index in [1.807, 2.05) is 0 Å². The van der Waals surface area contributed by atoms with Gasteiger partial charge in [0.25, 0.3) is 0 Å². The molecule has 0 amide bonds. The first-order valence-electron chi connectivity index (χ1n) is 7.97. The van der Waals surface area contributed by atoms with E-state index in [9.17, 15) is 0 Å². The molecule has 2 N–H and O–H groups in total. The molecule has 2 heteroatoms. The summed E-state index contributed by atoms with van der Waals surface area (Å²) >= 11 is 0. The van der Waals surface area contributed by atoms with Gasteiger partial charge in [0.15, 0.2) is 0 Å². The molecular weight excluding hydrogens is 244 g/mol. The van der Waals surface area contributed by atoms with Gasteiger partial charge in [-0.2, -0.15) is 0 Å². The van der Waals surface area contributed by atoms with Crippen LogP contribution in [0.15, 0.2) is 18.2 Å². The number of rotatable bonds is 3. The summed E-state index contributed by atoms with van der Waals surface area (Å²) in [5.74, 6) is 0. The van der Waals surface area contributed by atoms with Gasteiger partial charge in [0.1, 0.15) is 0 Å². The summed E-state index contributed by atoms with van der Waals surface area (Å²) in [6.45, 7) is 4.35. The van der Waals surface area contributed by atoms with Gasteiger partial charge in [-0.05, 0) is 51.9 Å². The molecule has 1 saturated carbocycles. The minimum atomic E-state index is 0.107. The van der Waals surface area contributed by atoms with Gasteiger partial charge in [-0.3, -0.25) is 0 Å². The first kappa shape index (κ1) is 15.5. The van der Waals surface area contributed by atoms with Crippen LogP contribution >= 0.6 is 0 Å². The van der Waals surface area contributed by atoms with Crippen molar-refractivity contribution >= 4 is 0 Å². The van der Waals surface area contributed by atoms with Gasteiger partial charge >= 0.3 is 0 Å². The maximum Gasteiger partial charge on any atom is 0.0484 e. The summed E-state index contributed by atoms with van der Waals surface area (Å²) in [5, 5.41) is 0. The molecule has 20 heavy (non-hydrogen) atoms. The Morgan fingerprint density at radius 1 is 1.05 bits per heavy atom. The summed E-state index contributed by atoms with van der Waals surface area (Å²) in [7, 11) is 4.41. The third-order valence-electron chi connectivity index (χ3n) is 5.21. The van der Waals surface area contributed by atoms with Crippen LogP contribution < -0.4 is 5.73 Å². The number of likely N-dealkylation sites (N-methyl/N-ethyl adjacent to an activating group) is 1. The van der Waals surface area contributed by atoms with Crippen molar-refractivity contribution in [2.75, 3.05) is 14.1 Å². The Morgan fingerprint density at radius 2 is 1.65 bits per heavy atom.